The minimum atomic E-state index is -0.262. The zero-order chi connectivity index (χ0) is 15.5. The molecule has 2 aliphatic rings. The van der Waals surface area contributed by atoms with E-state index in [0.29, 0.717) is 24.5 Å². The van der Waals surface area contributed by atoms with Gasteiger partial charge in [-0.2, -0.15) is 0 Å². The summed E-state index contributed by atoms with van der Waals surface area (Å²) in [4.78, 5) is 17.5. The summed E-state index contributed by atoms with van der Waals surface area (Å²) in [5.41, 5.74) is 5.75. The number of rotatable bonds is 4. The van der Waals surface area contributed by atoms with Crippen LogP contribution < -0.4 is 5.73 Å². The Kier molecular flexibility index (Phi) is 5.67. The van der Waals surface area contributed by atoms with Gasteiger partial charge in [0.05, 0.1) is 5.41 Å². The second-order valence-electron chi connectivity index (χ2n) is 7.32. The first-order valence-electron chi connectivity index (χ1n) is 8.71. The fraction of sp³-hybridized carbons (Fsp3) is 0.941. The van der Waals surface area contributed by atoms with Crippen LogP contribution in [0.25, 0.3) is 0 Å². The van der Waals surface area contributed by atoms with Crippen LogP contribution in [0, 0.1) is 5.41 Å². The highest BCUT2D eigenvalue weighted by Crippen LogP contribution is 2.37. The molecule has 1 aliphatic carbocycles. The zero-order valence-electron chi connectivity index (χ0n) is 14.1. The van der Waals surface area contributed by atoms with Gasteiger partial charge in [-0.25, -0.2) is 0 Å². The molecule has 0 bridgehead atoms. The van der Waals surface area contributed by atoms with Gasteiger partial charge in [-0.3, -0.25) is 4.79 Å². The van der Waals surface area contributed by atoms with Crippen molar-refractivity contribution in [1.82, 2.24) is 9.80 Å². The van der Waals surface area contributed by atoms with Crippen molar-refractivity contribution >= 4 is 5.91 Å². The van der Waals surface area contributed by atoms with Gasteiger partial charge in [-0.1, -0.05) is 19.3 Å². The molecule has 4 heteroatoms. The quantitative estimate of drug-likeness (QED) is 0.865. The number of hydrogen-bond donors (Lipinski definition) is 1. The second kappa shape index (κ2) is 7.10. The normalized spacial score (nSPS) is 24.2. The SMILES string of the molecule is CC(C)N1CCC(N(C)C(=O)C2(CN)CCCCC2)CC1. The number of nitrogens with two attached hydrogens (primary N) is 1. The Balaban J connectivity index is 1.96. The highest BCUT2D eigenvalue weighted by Gasteiger charge is 2.41. The van der Waals surface area contributed by atoms with Crippen LogP contribution >= 0.6 is 0 Å². The average molecular weight is 295 g/mol. The van der Waals surface area contributed by atoms with Gasteiger partial charge in [0, 0.05) is 38.8 Å². The lowest BCUT2D eigenvalue weighted by Gasteiger charge is -2.43. The molecule has 2 rings (SSSR count). The maximum Gasteiger partial charge on any atom is 0.230 e. The van der Waals surface area contributed by atoms with Crippen molar-refractivity contribution in [3.8, 4) is 0 Å². The Hall–Kier alpha value is -0.610. The maximum absolute atomic E-state index is 13.0. The first-order chi connectivity index (χ1) is 10.00. The molecule has 122 valence electrons. The lowest BCUT2D eigenvalue weighted by molar-refractivity contribution is -0.145. The van der Waals surface area contributed by atoms with Gasteiger partial charge >= 0.3 is 0 Å². The van der Waals surface area contributed by atoms with E-state index in [4.69, 9.17) is 5.73 Å². The van der Waals surface area contributed by atoms with Gasteiger partial charge in [0.15, 0.2) is 0 Å². The highest BCUT2D eigenvalue weighted by molar-refractivity contribution is 5.83. The Labute approximate surface area is 130 Å². The summed E-state index contributed by atoms with van der Waals surface area (Å²) in [6.45, 7) is 7.23. The van der Waals surface area contributed by atoms with Crippen molar-refractivity contribution < 1.29 is 4.79 Å². The predicted molar refractivity (Wildman–Crippen MR) is 87.1 cm³/mol. The molecule has 21 heavy (non-hydrogen) atoms. The zero-order valence-corrected chi connectivity index (χ0v) is 14.1. The van der Waals surface area contributed by atoms with Crippen molar-refractivity contribution in [2.24, 2.45) is 11.1 Å². The van der Waals surface area contributed by atoms with Crippen LogP contribution in [0.1, 0.15) is 58.8 Å². The van der Waals surface area contributed by atoms with Crippen molar-refractivity contribution in [2.45, 2.75) is 70.9 Å². The van der Waals surface area contributed by atoms with Crippen molar-refractivity contribution in [2.75, 3.05) is 26.7 Å². The van der Waals surface area contributed by atoms with Gasteiger partial charge in [0.1, 0.15) is 0 Å². The number of hydrogen-bond acceptors (Lipinski definition) is 3. The summed E-state index contributed by atoms with van der Waals surface area (Å²) >= 11 is 0. The van der Waals surface area contributed by atoms with Crippen molar-refractivity contribution in [1.29, 1.82) is 0 Å². The minimum Gasteiger partial charge on any atom is -0.342 e. The summed E-state index contributed by atoms with van der Waals surface area (Å²) < 4.78 is 0. The minimum absolute atomic E-state index is 0.262. The van der Waals surface area contributed by atoms with Crippen LogP contribution in [-0.4, -0.2) is 54.5 Å². The second-order valence-corrected chi connectivity index (χ2v) is 7.32. The molecule has 4 nitrogen and oxygen atoms in total. The molecule has 2 N–H and O–H groups in total. The predicted octanol–water partition coefficient (Wildman–Crippen LogP) is 2.23. The number of carbonyl (C=O) groups excluding carboxylic acids is 1. The maximum atomic E-state index is 13.0. The molecule has 0 atom stereocenters. The van der Waals surface area contributed by atoms with Crippen LogP contribution in [0.4, 0.5) is 0 Å². The molecule has 1 saturated heterocycles. The van der Waals surface area contributed by atoms with E-state index in [2.05, 4.69) is 18.7 Å². The Morgan fingerprint density at radius 1 is 1.24 bits per heavy atom. The molecule has 0 spiro atoms. The first-order valence-corrected chi connectivity index (χ1v) is 8.71. The number of carbonyl (C=O) groups is 1. The molecule has 0 radical (unpaired) electrons. The van der Waals surface area contributed by atoms with Crippen LogP contribution in [0.15, 0.2) is 0 Å². The van der Waals surface area contributed by atoms with E-state index in [0.717, 1.165) is 51.6 Å². The largest absolute Gasteiger partial charge is 0.342 e. The van der Waals surface area contributed by atoms with Gasteiger partial charge in [0.2, 0.25) is 5.91 Å². The number of piperidine rings is 1. The van der Waals surface area contributed by atoms with Crippen molar-refractivity contribution in [3.63, 3.8) is 0 Å². The van der Waals surface area contributed by atoms with Gasteiger partial charge < -0.3 is 15.5 Å². The third-order valence-electron chi connectivity index (χ3n) is 5.75. The van der Waals surface area contributed by atoms with E-state index >= 15 is 0 Å². The third kappa shape index (κ3) is 3.59. The molecule has 1 saturated carbocycles. The van der Waals surface area contributed by atoms with E-state index in [-0.39, 0.29) is 5.41 Å². The molecule has 0 aromatic heterocycles. The molecule has 0 unspecified atom stereocenters. The first kappa shape index (κ1) is 16.8. The van der Waals surface area contributed by atoms with Gasteiger partial charge in [-0.05, 0) is 39.5 Å². The summed E-state index contributed by atoms with van der Waals surface area (Å²) in [5.74, 6) is 0.313. The Morgan fingerprint density at radius 2 is 1.81 bits per heavy atom. The molecule has 1 amide bonds. The van der Waals surface area contributed by atoms with Crippen LogP contribution in [0.3, 0.4) is 0 Å². The molecule has 0 aromatic carbocycles. The van der Waals surface area contributed by atoms with E-state index in [1.807, 2.05) is 11.9 Å². The summed E-state index contributed by atoms with van der Waals surface area (Å²) in [5, 5.41) is 0. The lowest BCUT2D eigenvalue weighted by atomic mass is 9.72. The number of nitrogens with zero attached hydrogens (tertiary/aromatic N) is 2. The standard InChI is InChI=1S/C17H33N3O/c1-14(2)20-11-7-15(8-12-20)19(3)16(21)17(13-18)9-5-4-6-10-17/h14-15H,4-13,18H2,1-3H3. The van der Waals surface area contributed by atoms with E-state index in [9.17, 15) is 4.79 Å². The topological polar surface area (TPSA) is 49.6 Å². The van der Waals surface area contributed by atoms with Gasteiger partial charge in [-0.15, -0.1) is 0 Å². The molecule has 1 aliphatic heterocycles. The highest BCUT2D eigenvalue weighted by atomic mass is 16.2. The van der Waals surface area contributed by atoms with E-state index in [1.165, 1.54) is 6.42 Å². The van der Waals surface area contributed by atoms with Crippen molar-refractivity contribution in [3.05, 3.63) is 0 Å². The van der Waals surface area contributed by atoms with E-state index < -0.39 is 0 Å². The monoisotopic (exact) mass is 295 g/mol. The Bertz CT molecular complexity index is 342. The molecule has 0 aromatic rings. The molecule has 1 heterocycles. The average Bonchev–Trinajstić information content (AvgIpc) is 2.54. The van der Waals surface area contributed by atoms with Crippen LogP contribution in [0.5, 0.6) is 0 Å². The Morgan fingerprint density at radius 3 is 2.29 bits per heavy atom. The molecular weight excluding hydrogens is 262 g/mol. The molecule has 2 fully saturated rings. The lowest BCUT2D eigenvalue weighted by Crippen LogP contribution is -2.53. The van der Waals surface area contributed by atoms with Crippen LogP contribution in [-0.2, 0) is 4.79 Å². The number of amides is 1. The van der Waals surface area contributed by atoms with E-state index in [1.54, 1.807) is 0 Å². The summed E-state index contributed by atoms with van der Waals surface area (Å²) in [6.07, 6.45) is 7.73. The van der Waals surface area contributed by atoms with Crippen LogP contribution in [0.2, 0.25) is 0 Å². The summed E-state index contributed by atoms with van der Waals surface area (Å²) in [6, 6.07) is 1.01. The summed E-state index contributed by atoms with van der Waals surface area (Å²) in [7, 11) is 2.00. The van der Waals surface area contributed by atoms with Gasteiger partial charge in [0.25, 0.3) is 0 Å². The number of likely N-dealkylation sites (tertiary alicyclic amines) is 1. The third-order valence-corrected chi connectivity index (χ3v) is 5.75. The smallest absolute Gasteiger partial charge is 0.230 e. The molecular formula is C17H33N3O. The fourth-order valence-electron chi connectivity index (χ4n) is 4.06. The fourth-order valence-corrected chi connectivity index (χ4v) is 4.06.